The maximum atomic E-state index is 6.29. The van der Waals surface area contributed by atoms with Crippen LogP contribution >= 0.6 is 23.2 Å². The summed E-state index contributed by atoms with van der Waals surface area (Å²) in [4.78, 5) is 4.71. The molecular formula is C21H24Cl2N6. The molecule has 0 aliphatic rings. The number of guanidine groups is 1. The maximum absolute atomic E-state index is 6.29. The number of hydrogen-bond acceptors (Lipinski definition) is 3. The van der Waals surface area contributed by atoms with Crippen molar-refractivity contribution < 1.29 is 0 Å². The van der Waals surface area contributed by atoms with E-state index in [1.165, 1.54) is 5.56 Å². The van der Waals surface area contributed by atoms with Gasteiger partial charge in [-0.2, -0.15) is 0 Å². The summed E-state index contributed by atoms with van der Waals surface area (Å²) < 4.78 is 1.95. The van der Waals surface area contributed by atoms with Gasteiger partial charge in [0.15, 0.2) is 11.8 Å². The number of aryl methyl sites for hydroxylation is 1. The van der Waals surface area contributed by atoms with E-state index in [4.69, 9.17) is 28.2 Å². The van der Waals surface area contributed by atoms with Crippen molar-refractivity contribution >= 4 is 29.2 Å². The molecule has 0 fully saturated rings. The highest BCUT2D eigenvalue weighted by Crippen LogP contribution is 2.21. The number of aliphatic imine (C=N–C) groups is 1. The molecule has 6 nitrogen and oxygen atoms in total. The Bertz CT molecular complexity index is 984. The van der Waals surface area contributed by atoms with Crippen molar-refractivity contribution in [2.75, 3.05) is 0 Å². The summed E-state index contributed by atoms with van der Waals surface area (Å²) in [6, 6.07) is 15.7. The van der Waals surface area contributed by atoms with Crippen LogP contribution in [0.1, 0.15) is 35.7 Å². The van der Waals surface area contributed by atoms with E-state index in [0.717, 1.165) is 17.2 Å². The predicted molar refractivity (Wildman–Crippen MR) is 118 cm³/mol. The van der Waals surface area contributed by atoms with E-state index < -0.39 is 0 Å². The lowest BCUT2D eigenvalue weighted by Crippen LogP contribution is -2.39. The lowest BCUT2D eigenvalue weighted by Gasteiger charge is -2.19. The molecule has 0 spiro atoms. The van der Waals surface area contributed by atoms with Crippen molar-refractivity contribution in [3.8, 4) is 0 Å². The first-order valence-electron chi connectivity index (χ1n) is 9.32. The van der Waals surface area contributed by atoms with Crippen LogP contribution in [-0.2, 0) is 20.1 Å². The van der Waals surface area contributed by atoms with Crippen LogP contribution in [0.15, 0.2) is 53.5 Å². The quantitative estimate of drug-likeness (QED) is 0.448. The number of hydrogen-bond donors (Lipinski definition) is 2. The Hall–Kier alpha value is -2.57. The summed E-state index contributed by atoms with van der Waals surface area (Å²) in [7, 11) is 1.94. The molecule has 3 aromatic rings. The monoisotopic (exact) mass is 430 g/mol. The van der Waals surface area contributed by atoms with E-state index in [9.17, 15) is 0 Å². The van der Waals surface area contributed by atoms with E-state index in [-0.39, 0.29) is 6.04 Å². The summed E-state index contributed by atoms with van der Waals surface area (Å²) in [5.74, 6) is 2.35. The molecule has 1 aromatic heterocycles. The van der Waals surface area contributed by atoms with Crippen molar-refractivity contribution in [3.63, 3.8) is 0 Å². The number of nitrogens with one attached hydrogen (secondary N) is 2. The van der Waals surface area contributed by atoms with E-state index in [1.807, 2.05) is 48.9 Å². The Kier molecular flexibility index (Phi) is 7.12. The average Bonchev–Trinajstić information content (AvgIpc) is 3.03. The highest BCUT2D eigenvalue weighted by Gasteiger charge is 2.11. The molecule has 8 heteroatoms. The summed E-state index contributed by atoms with van der Waals surface area (Å²) in [5.41, 5.74) is 2.07. The van der Waals surface area contributed by atoms with Crippen LogP contribution in [0.2, 0.25) is 10.0 Å². The second-order valence-electron chi connectivity index (χ2n) is 6.75. The molecule has 0 radical (unpaired) electrons. The smallest absolute Gasteiger partial charge is 0.192 e. The predicted octanol–water partition coefficient (Wildman–Crippen LogP) is 4.43. The van der Waals surface area contributed by atoms with Crippen molar-refractivity contribution in [2.24, 2.45) is 12.0 Å². The van der Waals surface area contributed by atoms with Crippen molar-refractivity contribution in [1.82, 2.24) is 25.4 Å². The normalized spacial score (nSPS) is 12.7. The molecule has 1 atom stereocenters. The minimum absolute atomic E-state index is 0.0735. The fourth-order valence-corrected chi connectivity index (χ4v) is 3.23. The van der Waals surface area contributed by atoms with Gasteiger partial charge in [0.05, 0.1) is 19.1 Å². The highest BCUT2D eigenvalue weighted by atomic mass is 35.5. The van der Waals surface area contributed by atoms with Gasteiger partial charge in [-0.15, -0.1) is 10.2 Å². The average molecular weight is 431 g/mol. The van der Waals surface area contributed by atoms with E-state index in [0.29, 0.717) is 29.1 Å². The molecule has 2 aromatic carbocycles. The first-order chi connectivity index (χ1) is 13.9. The standard InChI is InChI=1S/C21H24Cl2N6/c1-14(16-7-5-4-6-8-16)26-21(25-13-20-28-27-15(2)29(20)3)24-12-17-9-10-18(22)11-19(17)23/h4-11,14H,12-13H2,1-3H3,(H2,24,25,26). The Morgan fingerprint density at radius 3 is 2.55 bits per heavy atom. The van der Waals surface area contributed by atoms with Gasteiger partial charge in [0.2, 0.25) is 0 Å². The number of nitrogens with zero attached hydrogens (tertiary/aromatic N) is 4. The SMILES string of the molecule is Cc1nnc(CNC(=NCc2ccc(Cl)cc2Cl)NC(C)c2ccccc2)n1C. The second-order valence-corrected chi connectivity index (χ2v) is 7.60. The third kappa shape index (κ3) is 5.71. The van der Waals surface area contributed by atoms with Gasteiger partial charge in [-0.1, -0.05) is 59.6 Å². The molecule has 0 saturated heterocycles. The van der Waals surface area contributed by atoms with Crippen LogP contribution in [-0.4, -0.2) is 20.7 Å². The number of rotatable bonds is 6. The third-order valence-electron chi connectivity index (χ3n) is 4.67. The van der Waals surface area contributed by atoms with Gasteiger partial charge in [-0.3, -0.25) is 0 Å². The van der Waals surface area contributed by atoms with Gasteiger partial charge in [0.1, 0.15) is 5.82 Å². The van der Waals surface area contributed by atoms with Crippen molar-refractivity contribution in [1.29, 1.82) is 0 Å². The fraction of sp³-hybridized carbons (Fsp3) is 0.286. The van der Waals surface area contributed by atoms with Gasteiger partial charge >= 0.3 is 0 Å². The fourth-order valence-electron chi connectivity index (χ4n) is 2.76. The lowest BCUT2D eigenvalue weighted by atomic mass is 10.1. The van der Waals surface area contributed by atoms with Crippen molar-refractivity contribution in [2.45, 2.75) is 33.0 Å². The van der Waals surface area contributed by atoms with Crippen LogP contribution in [0.4, 0.5) is 0 Å². The molecule has 1 heterocycles. The van der Waals surface area contributed by atoms with Crippen molar-refractivity contribution in [3.05, 3.63) is 81.4 Å². The zero-order valence-electron chi connectivity index (χ0n) is 16.7. The van der Waals surface area contributed by atoms with E-state index in [1.54, 1.807) is 6.07 Å². The summed E-state index contributed by atoms with van der Waals surface area (Å²) in [6.45, 7) is 4.93. The molecule has 0 aliphatic carbocycles. The second kappa shape index (κ2) is 9.76. The van der Waals surface area contributed by atoms with Gasteiger partial charge in [0, 0.05) is 17.1 Å². The third-order valence-corrected chi connectivity index (χ3v) is 5.26. The number of aromatic nitrogens is 3. The summed E-state index contributed by atoms with van der Waals surface area (Å²) >= 11 is 12.3. The van der Waals surface area contributed by atoms with Gasteiger partial charge in [0.25, 0.3) is 0 Å². The van der Waals surface area contributed by atoms with Crippen LogP contribution in [0.25, 0.3) is 0 Å². The van der Waals surface area contributed by atoms with Gasteiger partial charge < -0.3 is 15.2 Å². The first-order valence-corrected chi connectivity index (χ1v) is 10.1. The molecule has 152 valence electrons. The van der Waals surface area contributed by atoms with Crippen LogP contribution < -0.4 is 10.6 Å². The number of benzene rings is 2. The zero-order valence-corrected chi connectivity index (χ0v) is 18.2. The zero-order chi connectivity index (χ0) is 20.8. The topological polar surface area (TPSA) is 67.1 Å². The highest BCUT2D eigenvalue weighted by molar-refractivity contribution is 6.35. The molecule has 0 saturated carbocycles. The largest absolute Gasteiger partial charge is 0.350 e. The van der Waals surface area contributed by atoms with E-state index >= 15 is 0 Å². The van der Waals surface area contributed by atoms with Crippen LogP contribution in [0.3, 0.4) is 0 Å². The molecule has 0 aliphatic heterocycles. The van der Waals surface area contributed by atoms with Crippen LogP contribution in [0, 0.1) is 6.92 Å². The molecular weight excluding hydrogens is 407 g/mol. The molecule has 1 unspecified atom stereocenters. The molecule has 2 N–H and O–H groups in total. The van der Waals surface area contributed by atoms with Gasteiger partial charge in [-0.05, 0) is 37.1 Å². The lowest BCUT2D eigenvalue weighted by molar-refractivity contribution is 0.664. The molecule has 0 amide bonds. The Morgan fingerprint density at radius 2 is 1.90 bits per heavy atom. The number of halogens is 2. The molecule has 3 rings (SSSR count). The van der Waals surface area contributed by atoms with E-state index in [2.05, 4.69) is 39.9 Å². The molecule has 29 heavy (non-hydrogen) atoms. The Morgan fingerprint density at radius 1 is 1.14 bits per heavy atom. The van der Waals surface area contributed by atoms with Gasteiger partial charge in [-0.25, -0.2) is 4.99 Å². The van der Waals surface area contributed by atoms with Crippen LogP contribution in [0.5, 0.6) is 0 Å². The first kappa shape index (κ1) is 21.1. The minimum Gasteiger partial charge on any atom is -0.350 e. The summed E-state index contributed by atoms with van der Waals surface area (Å²) in [6.07, 6.45) is 0. The Balaban J connectivity index is 1.76. The maximum Gasteiger partial charge on any atom is 0.192 e. The minimum atomic E-state index is 0.0735. The Labute approximate surface area is 181 Å². The summed E-state index contributed by atoms with van der Waals surface area (Å²) in [5, 5.41) is 16.3. The molecule has 0 bridgehead atoms.